The molecule has 0 radical (unpaired) electrons. The second-order valence-corrected chi connectivity index (χ2v) is 5.94. The molecule has 1 amide bonds. The topological polar surface area (TPSA) is 39.3 Å². The third-order valence-corrected chi connectivity index (χ3v) is 4.46. The number of carbonyl (C=O) groups excluding carboxylic acids is 1. The lowest BCUT2D eigenvalue weighted by Gasteiger charge is -2.33. The summed E-state index contributed by atoms with van der Waals surface area (Å²) in [7, 11) is 0. The molecule has 3 rings (SSSR count). The molecule has 1 N–H and O–H groups in total. The summed E-state index contributed by atoms with van der Waals surface area (Å²) in [5.74, 6) is 0.237. The van der Waals surface area contributed by atoms with Crippen molar-refractivity contribution in [1.82, 2.24) is 14.8 Å². The van der Waals surface area contributed by atoms with Crippen molar-refractivity contribution in [3.05, 3.63) is 35.0 Å². The van der Waals surface area contributed by atoms with Gasteiger partial charge < -0.3 is 9.88 Å². The molecule has 4 nitrogen and oxygen atoms in total. The number of aromatic nitrogens is 1. The lowest BCUT2D eigenvalue weighted by Crippen LogP contribution is -2.50. The van der Waals surface area contributed by atoms with E-state index in [-0.39, 0.29) is 5.91 Å². The summed E-state index contributed by atoms with van der Waals surface area (Å²) >= 11 is 6.07. The molecule has 21 heavy (non-hydrogen) atoms. The van der Waals surface area contributed by atoms with Crippen molar-refractivity contribution in [2.24, 2.45) is 0 Å². The minimum atomic E-state index is 0.237. The van der Waals surface area contributed by atoms with Crippen molar-refractivity contribution in [3.8, 4) is 0 Å². The molecule has 1 saturated heterocycles. The second kappa shape index (κ2) is 6.08. The zero-order valence-electron chi connectivity index (χ0n) is 12.2. The highest BCUT2D eigenvalue weighted by molar-refractivity contribution is 6.31. The molecule has 0 unspecified atom stereocenters. The largest absolute Gasteiger partial charge is 0.361 e. The summed E-state index contributed by atoms with van der Waals surface area (Å²) in [6.07, 6.45) is 2.88. The van der Waals surface area contributed by atoms with Crippen molar-refractivity contribution >= 4 is 28.4 Å². The highest BCUT2D eigenvalue weighted by Gasteiger charge is 2.22. The number of carbonyl (C=O) groups is 1. The quantitative estimate of drug-likeness (QED) is 0.943. The van der Waals surface area contributed by atoms with Crippen LogP contribution in [0.3, 0.4) is 0 Å². The van der Waals surface area contributed by atoms with Gasteiger partial charge in [0.1, 0.15) is 0 Å². The van der Waals surface area contributed by atoms with E-state index in [0.29, 0.717) is 6.54 Å². The van der Waals surface area contributed by atoms with Gasteiger partial charge in [-0.1, -0.05) is 18.5 Å². The van der Waals surface area contributed by atoms with E-state index in [4.69, 9.17) is 11.6 Å². The summed E-state index contributed by atoms with van der Waals surface area (Å²) in [5, 5.41) is 1.90. The number of H-pyrrole nitrogens is 1. The van der Waals surface area contributed by atoms with Gasteiger partial charge in [-0.15, -0.1) is 0 Å². The van der Waals surface area contributed by atoms with Crippen LogP contribution in [0.2, 0.25) is 5.02 Å². The number of amides is 1. The van der Waals surface area contributed by atoms with Crippen LogP contribution < -0.4 is 0 Å². The van der Waals surface area contributed by atoms with E-state index in [0.717, 1.165) is 48.5 Å². The Kier molecular flexibility index (Phi) is 4.17. The molecule has 1 fully saturated rings. The maximum absolute atomic E-state index is 12.1. The maximum atomic E-state index is 12.1. The van der Waals surface area contributed by atoms with Gasteiger partial charge in [0.05, 0.1) is 6.54 Å². The van der Waals surface area contributed by atoms with Crippen LogP contribution in [0.25, 0.3) is 10.9 Å². The number of hydrogen-bond acceptors (Lipinski definition) is 2. The van der Waals surface area contributed by atoms with Crippen LogP contribution in [0.1, 0.15) is 12.5 Å². The van der Waals surface area contributed by atoms with Crippen LogP contribution >= 0.6 is 11.6 Å². The maximum Gasteiger partial charge on any atom is 0.236 e. The molecule has 2 aromatic rings. The summed E-state index contributed by atoms with van der Waals surface area (Å²) < 4.78 is 0. The van der Waals surface area contributed by atoms with E-state index in [1.54, 1.807) is 0 Å². The van der Waals surface area contributed by atoms with Crippen LogP contribution in [0.5, 0.6) is 0 Å². The number of halogens is 1. The molecule has 0 bridgehead atoms. The predicted molar refractivity (Wildman–Crippen MR) is 85.7 cm³/mol. The Labute approximate surface area is 129 Å². The third-order valence-electron chi connectivity index (χ3n) is 4.23. The third kappa shape index (κ3) is 3.06. The minimum absolute atomic E-state index is 0.237. The molecule has 1 aliphatic rings. The number of likely N-dealkylation sites (N-methyl/N-ethyl adjacent to an activating group) is 1. The van der Waals surface area contributed by atoms with Crippen molar-refractivity contribution in [1.29, 1.82) is 0 Å². The van der Waals surface area contributed by atoms with Gasteiger partial charge in [0.15, 0.2) is 0 Å². The molecule has 1 aromatic heterocycles. The first kappa shape index (κ1) is 14.4. The number of hydrogen-bond donors (Lipinski definition) is 1. The van der Waals surface area contributed by atoms with Crippen molar-refractivity contribution in [2.45, 2.75) is 13.3 Å². The number of rotatable bonds is 4. The fourth-order valence-corrected chi connectivity index (χ4v) is 3.05. The molecule has 0 spiro atoms. The zero-order chi connectivity index (χ0) is 14.8. The van der Waals surface area contributed by atoms with Crippen LogP contribution in [-0.2, 0) is 11.2 Å². The first-order valence-electron chi connectivity index (χ1n) is 7.43. The molecule has 0 saturated carbocycles. The van der Waals surface area contributed by atoms with Gasteiger partial charge in [-0.05, 0) is 36.7 Å². The monoisotopic (exact) mass is 305 g/mol. The Morgan fingerprint density at radius 3 is 2.95 bits per heavy atom. The van der Waals surface area contributed by atoms with E-state index in [2.05, 4.69) is 16.8 Å². The standard InChI is InChI=1S/C16H20ClN3O/c1-2-19-7-8-20(16(21)11-19)6-5-12-10-18-15-4-3-13(17)9-14(12)15/h3-4,9-10,18H,2,5-8,11H2,1H3. The van der Waals surface area contributed by atoms with Gasteiger partial charge in [0.25, 0.3) is 0 Å². The number of piperazine rings is 1. The van der Waals surface area contributed by atoms with Crippen LogP contribution in [0, 0.1) is 0 Å². The Morgan fingerprint density at radius 2 is 2.19 bits per heavy atom. The Hall–Kier alpha value is -1.52. The van der Waals surface area contributed by atoms with E-state index in [9.17, 15) is 4.79 Å². The summed E-state index contributed by atoms with van der Waals surface area (Å²) in [4.78, 5) is 19.5. The summed E-state index contributed by atoms with van der Waals surface area (Å²) in [6, 6.07) is 5.86. The second-order valence-electron chi connectivity index (χ2n) is 5.50. The van der Waals surface area contributed by atoms with Gasteiger partial charge in [-0.25, -0.2) is 0 Å². The Balaban J connectivity index is 1.67. The molecular formula is C16H20ClN3O. The highest BCUT2D eigenvalue weighted by Crippen LogP contribution is 2.23. The SMILES string of the molecule is CCN1CCN(CCc2c[nH]c3ccc(Cl)cc23)C(=O)C1. The molecule has 5 heteroatoms. The Morgan fingerprint density at radius 1 is 1.33 bits per heavy atom. The number of nitrogens with zero attached hydrogens (tertiary/aromatic N) is 2. The van der Waals surface area contributed by atoms with Gasteiger partial charge >= 0.3 is 0 Å². The van der Waals surface area contributed by atoms with Crippen LogP contribution in [0.4, 0.5) is 0 Å². The summed E-state index contributed by atoms with van der Waals surface area (Å²) in [5.41, 5.74) is 2.31. The van der Waals surface area contributed by atoms with E-state index in [1.807, 2.05) is 29.3 Å². The van der Waals surface area contributed by atoms with Crippen molar-refractivity contribution in [2.75, 3.05) is 32.7 Å². The molecule has 1 aliphatic heterocycles. The van der Waals surface area contributed by atoms with Crippen molar-refractivity contribution < 1.29 is 4.79 Å². The average Bonchev–Trinajstić information content (AvgIpc) is 2.88. The minimum Gasteiger partial charge on any atom is -0.361 e. The molecule has 0 atom stereocenters. The van der Waals surface area contributed by atoms with Gasteiger partial charge in [-0.2, -0.15) is 0 Å². The van der Waals surface area contributed by atoms with Crippen LogP contribution in [-0.4, -0.2) is 53.4 Å². The number of aromatic amines is 1. The summed E-state index contributed by atoms with van der Waals surface area (Å²) in [6.45, 7) is 6.17. The first-order valence-corrected chi connectivity index (χ1v) is 7.81. The van der Waals surface area contributed by atoms with Crippen LogP contribution in [0.15, 0.2) is 24.4 Å². The molecular weight excluding hydrogens is 286 g/mol. The fraction of sp³-hybridized carbons (Fsp3) is 0.438. The first-order chi connectivity index (χ1) is 10.2. The zero-order valence-corrected chi connectivity index (χ0v) is 13.0. The van der Waals surface area contributed by atoms with Crippen molar-refractivity contribution in [3.63, 3.8) is 0 Å². The molecule has 1 aromatic carbocycles. The van der Waals surface area contributed by atoms with Gasteiger partial charge in [-0.3, -0.25) is 9.69 Å². The number of fused-ring (bicyclic) bond motifs is 1. The highest BCUT2D eigenvalue weighted by atomic mass is 35.5. The number of nitrogens with one attached hydrogen (secondary N) is 1. The number of benzene rings is 1. The van der Waals surface area contributed by atoms with E-state index < -0.39 is 0 Å². The van der Waals surface area contributed by atoms with Gasteiger partial charge in [0, 0.05) is 41.8 Å². The fourth-order valence-electron chi connectivity index (χ4n) is 2.88. The van der Waals surface area contributed by atoms with E-state index >= 15 is 0 Å². The smallest absolute Gasteiger partial charge is 0.236 e. The van der Waals surface area contributed by atoms with E-state index in [1.165, 1.54) is 5.56 Å². The molecule has 112 valence electrons. The average molecular weight is 306 g/mol. The predicted octanol–water partition coefficient (Wildman–Crippen LogP) is 2.53. The normalized spacial score (nSPS) is 16.9. The Bertz CT molecular complexity index is 652. The van der Waals surface area contributed by atoms with Gasteiger partial charge in [0.2, 0.25) is 5.91 Å². The molecule has 0 aliphatic carbocycles. The lowest BCUT2D eigenvalue weighted by molar-refractivity contribution is -0.135. The molecule has 2 heterocycles. The lowest BCUT2D eigenvalue weighted by atomic mass is 10.1.